The van der Waals surface area contributed by atoms with Crippen molar-refractivity contribution in [1.82, 2.24) is 20.2 Å². The number of fused-ring (bicyclic) bond motifs is 1. The Morgan fingerprint density at radius 2 is 2.19 bits per heavy atom. The number of rotatable bonds is 4. The summed E-state index contributed by atoms with van der Waals surface area (Å²) in [4.78, 5) is 0. The maximum absolute atomic E-state index is 5.92. The molecule has 2 heterocycles. The van der Waals surface area contributed by atoms with Gasteiger partial charge in [0.1, 0.15) is 11.4 Å². The molecule has 3 rings (SSSR count). The molecule has 0 saturated carbocycles. The molecule has 0 unspecified atom stereocenters. The highest BCUT2D eigenvalue weighted by Gasteiger charge is 2.22. The standard InChI is InChI=1S/C15H18N4O2/c1-15(2)7-6-11-10-12(4-5-13(11)21-15)14-16-17-18-19(14)8-9-20-3/h4-7,10H,8-9H2,1-3H3. The molecule has 0 radical (unpaired) electrons. The van der Waals surface area contributed by atoms with Crippen LogP contribution in [0.25, 0.3) is 17.5 Å². The summed E-state index contributed by atoms with van der Waals surface area (Å²) in [5, 5.41) is 11.8. The molecule has 6 nitrogen and oxygen atoms in total. The average molecular weight is 286 g/mol. The van der Waals surface area contributed by atoms with Crippen molar-refractivity contribution in [3.05, 3.63) is 29.8 Å². The predicted molar refractivity (Wildman–Crippen MR) is 78.9 cm³/mol. The summed E-state index contributed by atoms with van der Waals surface area (Å²) < 4.78 is 12.7. The molecule has 2 aromatic rings. The average Bonchev–Trinajstić information content (AvgIpc) is 2.92. The quantitative estimate of drug-likeness (QED) is 0.862. The van der Waals surface area contributed by atoms with Gasteiger partial charge in [0, 0.05) is 18.2 Å². The van der Waals surface area contributed by atoms with Crippen molar-refractivity contribution >= 4 is 6.08 Å². The van der Waals surface area contributed by atoms with Crippen molar-refractivity contribution in [3.63, 3.8) is 0 Å². The smallest absolute Gasteiger partial charge is 0.182 e. The van der Waals surface area contributed by atoms with Crippen LogP contribution < -0.4 is 4.74 Å². The molecule has 1 aromatic carbocycles. The molecule has 1 aliphatic heterocycles. The highest BCUT2D eigenvalue weighted by atomic mass is 16.5. The molecular formula is C15H18N4O2. The summed E-state index contributed by atoms with van der Waals surface area (Å²) in [5.74, 6) is 1.61. The molecule has 110 valence electrons. The minimum absolute atomic E-state index is 0.269. The Morgan fingerprint density at radius 1 is 1.33 bits per heavy atom. The molecule has 6 heteroatoms. The molecule has 1 aromatic heterocycles. The van der Waals surface area contributed by atoms with Gasteiger partial charge in [-0.25, -0.2) is 4.68 Å². The number of tetrazole rings is 1. The molecule has 0 spiro atoms. The molecule has 0 saturated heterocycles. The number of hydrogen-bond donors (Lipinski definition) is 0. The van der Waals surface area contributed by atoms with Gasteiger partial charge in [0.15, 0.2) is 5.82 Å². The van der Waals surface area contributed by atoms with Gasteiger partial charge < -0.3 is 9.47 Å². The van der Waals surface area contributed by atoms with E-state index in [9.17, 15) is 0 Å². The van der Waals surface area contributed by atoms with E-state index in [0.29, 0.717) is 13.2 Å². The predicted octanol–water partition coefficient (Wildman–Crippen LogP) is 2.17. The van der Waals surface area contributed by atoms with Gasteiger partial charge in [0.25, 0.3) is 0 Å². The van der Waals surface area contributed by atoms with Crippen molar-refractivity contribution in [1.29, 1.82) is 0 Å². The first-order valence-corrected chi connectivity index (χ1v) is 6.87. The van der Waals surface area contributed by atoms with Crippen molar-refractivity contribution in [2.45, 2.75) is 26.0 Å². The Balaban J connectivity index is 1.93. The van der Waals surface area contributed by atoms with E-state index in [1.807, 2.05) is 38.1 Å². The van der Waals surface area contributed by atoms with E-state index >= 15 is 0 Å². The van der Waals surface area contributed by atoms with Gasteiger partial charge in [0.05, 0.1) is 13.2 Å². The highest BCUT2D eigenvalue weighted by molar-refractivity contribution is 5.68. The van der Waals surface area contributed by atoms with E-state index in [4.69, 9.17) is 9.47 Å². The minimum atomic E-state index is -0.269. The summed E-state index contributed by atoms with van der Waals surface area (Å²) in [5.41, 5.74) is 1.73. The van der Waals surface area contributed by atoms with Gasteiger partial charge in [-0.15, -0.1) is 5.10 Å². The zero-order valence-electron chi connectivity index (χ0n) is 12.4. The Labute approximate surface area is 123 Å². The van der Waals surface area contributed by atoms with E-state index in [1.54, 1.807) is 11.8 Å². The van der Waals surface area contributed by atoms with E-state index in [0.717, 1.165) is 22.7 Å². The van der Waals surface area contributed by atoms with Crippen LogP contribution in [0.3, 0.4) is 0 Å². The number of nitrogens with zero attached hydrogens (tertiary/aromatic N) is 4. The van der Waals surface area contributed by atoms with Gasteiger partial charge in [0.2, 0.25) is 0 Å². The van der Waals surface area contributed by atoms with Gasteiger partial charge in [-0.05, 0) is 48.5 Å². The number of hydrogen-bond acceptors (Lipinski definition) is 5. The largest absolute Gasteiger partial charge is 0.483 e. The van der Waals surface area contributed by atoms with Crippen LogP contribution in [0.2, 0.25) is 0 Å². The molecular weight excluding hydrogens is 268 g/mol. The lowest BCUT2D eigenvalue weighted by molar-refractivity contribution is 0.159. The van der Waals surface area contributed by atoms with Crippen molar-refractivity contribution in [2.24, 2.45) is 0 Å². The lowest BCUT2D eigenvalue weighted by atomic mass is 10.0. The molecule has 0 aliphatic carbocycles. The van der Waals surface area contributed by atoms with Crippen LogP contribution in [0.15, 0.2) is 24.3 Å². The SMILES string of the molecule is COCCn1nnnc1-c1ccc2c(c1)C=CC(C)(C)O2. The molecule has 1 aliphatic rings. The second kappa shape index (κ2) is 5.29. The Morgan fingerprint density at radius 3 is 3.00 bits per heavy atom. The minimum Gasteiger partial charge on any atom is -0.483 e. The van der Waals surface area contributed by atoms with E-state index in [2.05, 4.69) is 21.6 Å². The maximum atomic E-state index is 5.92. The van der Waals surface area contributed by atoms with Crippen LogP contribution >= 0.6 is 0 Å². The third-order valence-corrected chi connectivity index (χ3v) is 3.34. The first-order chi connectivity index (χ1) is 10.1. The summed E-state index contributed by atoms with van der Waals surface area (Å²) in [6, 6.07) is 5.98. The Bertz CT molecular complexity index is 676. The first-order valence-electron chi connectivity index (χ1n) is 6.87. The fourth-order valence-electron chi connectivity index (χ4n) is 2.26. The molecule has 0 fully saturated rings. The number of ether oxygens (including phenoxy) is 2. The summed E-state index contributed by atoms with van der Waals surface area (Å²) in [7, 11) is 1.66. The fourth-order valence-corrected chi connectivity index (χ4v) is 2.26. The van der Waals surface area contributed by atoms with Crippen LogP contribution in [0.5, 0.6) is 5.75 Å². The van der Waals surface area contributed by atoms with E-state index in [1.165, 1.54) is 0 Å². The molecule has 0 amide bonds. The lowest BCUT2D eigenvalue weighted by Crippen LogP contribution is -2.27. The molecule has 0 N–H and O–H groups in total. The van der Waals surface area contributed by atoms with Crippen LogP contribution in [0.4, 0.5) is 0 Å². The van der Waals surface area contributed by atoms with E-state index in [-0.39, 0.29) is 5.60 Å². The van der Waals surface area contributed by atoms with Crippen LogP contribution in [0, 0.1) is 0 Å². The number of benzene rings is 1. The van der Waals surface area contributed by atoms with Crippen LogP contribution in [-0.2, 0) is 11.3 Å². The first kappa shape index (κ1) is 13.8. The Hall–Kier alpha value is -2.21. The monoisotopic (exact) mass is 286 g/mol. The Kier molecular flexibility index (Phi) is 3.47. The highest BCUT2D eigenvalue weighted by Crippen LogP contribution is 2.33. The molecule has 21 heavy (non-hydrogen) atoms. The summed E-state index contributed by atoms with van der Waals surface area (Å²) in [6.07, 6.45) is 4.12. The van der Waals surface area contributed by atoms with Gasteiger partial charge in [-0.1, -0.05) is 6.08 Å². The summed E-state index contributed by atoms with van der Waals surface area (Å²) in [6.45, 7) is 5.26. The number of methoxy groups -OCH3 is 1. The van der Waals surface area contributed by atoms with Gasteiger partial charge in [-0.2, -0.15) is 0 Å². The molecule has 0 bridgehead atoms. The van der Waals surface area contributed by atoms with Crippen LogP contribution in [0.1, 0.15) is 19.4 Å². The zero-order valence-corrected chi connectivity index (χ0v) is 12.4. The van der Waals surface area contributed by atoms with Gasteiger partial charge in [-0.3, -0.25) is 0 Å². The lowest BCUT2D eigenvalue weighted by Gasteiger charge is -2.27. The van der Waals surface area contributed by atoms with Crippen molar-refractivity contribution in [2.75, 3.05) is 13.7 Å². The van der Waals surface area contributed by atoms with Crippen molar-refractivity contribution < 1.29 is 9.47 Å². The van der Waals surface area contributed by atoms with Crippen LogP contribution in [-0.4, -0.2) is 39.5 Å². The second-order valence-electron chi connectivity index (χ2n) is 5.51. The fraction of sp³-hybridized carbons (Fsp3) is 0.400. The third-order valence-electron chi connectivity index (χ3n) is 3.34. The van der Waals surface area contributed by atoms with Gasteiger partial charge >= 0.3 is 0 Å². The normalized spacial score (nSPS) is 15.6. The topological polar surface area (TPSA) is 62.1 Å². The zero-order chi connectivity index (χ0) is 14.9. The van der Waals surface area contributed by atoms with Crippen molar-refractivity contribution in [3.8, 4) is 17.1 Å². The third kappa shape index (κ3) is 2.80. The summed E-state index contributed by atoms with van der Waals surface area (Å²) >= 11 is 0. The maximum Gasteiger partial charge on any atom is 0.182 e. The number of aromatic nitrogens is 4. The van der Waals surface area contributed by atoms with E-state index < -0.39 is 0 Å². The molecule has 0 atom stereocenters. The second-order valence-corrected chi connectivity index (χ2v) is 5.51.